The number of pyridine rings is 1. The summed E-state index contributed by atoms with van der Waals surface area (Å²) in [6, 6.07) is 5.63. The van der Waals surface area contributed by atoms with Crippen molar-refractivity contribution in [3.63, 3.8) is 0 Å². The Hall–Kier alpha value is -4.56. The minimum atomic E-state index is -4.69. The van der Waals surface area contributed by atoms with Gasteiger partial charge in [0.05, 0.1) is 30.5 Å². The largest absolute Gasteiger partial charge is 0.493 e. The molecule has 2 aromatic heterocycles. The van der Waals surface area contributed by atoms with E-state index in [0.717, 1.165) is 6.20 Å². The molecule has 3 aromatic rings. The second-order valence-corrected chi connectivity index (χ2v) is 11.0. The SMILES string of the molecule is COc1ccc(C2=NN(CCCCOc3ccc(C4=NNC(=O)CC4C)c(F)c3F)C(=O)C2(C)C)n2cc(C(F)(F)F)nc12. The molecule has 0 aliphatic carbocycles. The fourth-order valence-electron chi connectivity index (χ4n) is 5.14. The number of unbranched alkanes of at least 4 members (excludes halogenated alkanes) is 1. The molecule has 1 atom stereocenters. The van der Waals surface area contributed by atoms with Crippen LogP contribution in [0, 0.1) is 23.0 Å². The van der Waals surface area contributed by atoms with Crippen LogP contribution in [-0.2, 0) is 15.8 Å². The van der Waals surface area contributed by atoms with Crippen LogP contribution < -0.4 is 14.9 Å². The molecule has 0 saturated heterocycles. The number of hydrogen-bond acceptors (Lipinski definition) is 7. The monoisotopic (exact) mass is 620 g/mol. The number of aromatic nitrogens is 2. The van der Waals surface area contributed by atoms with Gasteiger partial charge in [-0.2, -0.15) is 27.8 Å². The zero-order chi connectivity index (χ0) is 32.0. The van der Waals surface area contributed by atoms with Crippen LogP contribution in [0.25, 0.3) is 5.65 Å². The van der Waals surface area contributed by atoms with E-state index >= 15 is 0 Å². The summed E-state index contributed by atoms with van der Waals surface area (Å²) in [7, 11) is 1.32. The average molecular weight is 621 g/mol. The lowest BCUT2D eigenvalue weighted by molar-refractivity contribution is -0.140. The predicted molar refractivity (Wildman–Crippen MR) is 148 cm³/mol. The van der Waals surface area contributed by atoms with Crippen molar-refractivity contribution in [2.75, 3.05) is 20.3 Å². The van der Waals surface area contributed by atoms with Gasteiger partial charge in [-0.05, 0) is 51.0 Å². The zero-order valence-electron chi connectivity index (χ0n) is 24.3. The molecule has 44 heavy (non-hydrogen) atoms. The van der Waals surface area contributed by atoms with Crippen molar-refractivity contribution >= 4 is 28.9 Å². The number of halogens is 5. The third-order valence-electron chi connectivity index (χ3n) is 7.52. The van der Waals surface area contributed by atoms with Crippen LogP contribution in [0.3, 0.4) is 0 Å². The maximum absolute atomic E-state index is 14.8. The number of rotatable bonds is 9. The van der Waals surface area contributed by atoms with Gasteiger partial charge < -0.3 is 9.47 Å². The Morgan fingerprint density at radius 3 is 2.48 bits per heavy atom. The molecule has 0 spiro atoms. The van der Waals surface area contributed by atoms with Gasteiger partial charge >= 0.3 is 6.18 Å². The Bertz CT molecular complexity index is 1700. The summed E-state index contributed by atoms with van der Waals surface area (Å²) < 4.78 is 81.7. The third kappa shape index (κ3) is 5.57. The molecule has 0 bridgehead atoms. The minimum absolute atomic E-state index is 0.0134. The number of nitrogens with zero attached hydrogens (tertiary/aromatic N) is 5. The first kappa shape index (κ1) is 30.9. The molecule has 4 heterocycles. The summed E-state index contributed by atoms with van der Waals surface area (Å²) >= 11 is 0. The van der Waals surface area contributed by atoms with Crippen LogP contribution in [-0.4, -0.2) is 57.9 Å². The number of imidazole rings is 1. The van der Waals surface area contributed by atoms with E-state index in [4.69, 9.17) is 9.47 Å². The van der Waals surface area contributed by atoms with E-state index in [0.29, 0.717) is 12.8 Å². The van der Waals surface area contributed by atoms with E-state index < -0.39 is 28.9 Å². The van der Waals surface area contributed by atoms with Crippen molar-refractivity contribution in [3.8, 4) is 11.5 Å². The fourth-order valence-corrected chi connectivity index (χ4v) is 5.14. The highest BCUT2D eigenvalue weighted by atomic mass is 19.4. The van der Waals surface area contributed by atoms with Crippen LogP contribution in [0.2, 0.25) is 0 Å². The summed E-state index contributed by atoms with van der Waals surface area (Å²) in [5.74, 6) is -3.53. The summed E-state index contributed by atoms with van der Waals surface area (Å²) in [6.07, 6.45) is -3.00. The van der Waals surface area contributed by atoms with Crippen LogP contribution >= 0.6 is 0 Å². The third-order valence-corrected chi connectivity index (χ3v) is 7.52. The molecule has 5 rings (SSSR count). The number of amides is 2. The topological polar surface area (TPSA) is 110 Å². The Kier molecular flexibility index (Phi) is 8.07. The van der Waals surface area contributed by atoms with Gasteiger partial charge in [-0.15, -0.1) is 0 Å². The summed E-state index contributed by atoms with van der Waals surface area (Å²) in [5.41, 5.74) is 0.614. The van der Waals surface area contributed by atoms with Gasteiger partial charge in [0.1, 0.15) is 5.71 Å². The zero-order valence-corrected chi connectivity index (χ0v) is 24.3. The lowest BCUT2D eigenvalue weighted by atomic mass is 9.85. The van der Waals surface area contributed by atoms with Crippen LogP contribution in [0.1, 0.15) is 57.0 Å². The fraction of sp³-hybridized carbons (Fsp3) is 0.414. The average Bonchev–Trinajstić information content (AvgIpc) is 3.51. The van der Waals surface area contributed by atoms with Crippen molar-refractivity contribution in [3.05, 3.63) is 59.0 Å². The van der Waals surface area contributed by atoms with Gasteiger partial charge in [-0.3, -0.25) is 14.0 Å². The molecule has 2 aliphatic rings. The summed E-state index contributed by atoms with van der Waals surface area (Å²) in [6.45, 7) is 5.12. The number of hydrogen-bond donors (Lipinski definition) is 1. The predicted octanol–water partition coefficient (Wildman–Crippen LogP) is 4.93. The molecular weight excluding hydrogens is 591 g/mol. The van der Waals surface area contributed by atoms with Crippen molar-refractivity contribution in [2.45, 2.75) is 46.2 Å². The molecule has 10 nitrogen and oxygen atoms in total. The minimum Gasteiger partial charge on any atom is -0.493 e. The molecule has 0 radical (unpaired) electrons. The van der Waals surface area contributed by atoms with Crippen molar-refractivity contribution < 1.29 is 41.0 Å². The number of carbonyl (C=O) groups is 2. The maximum atomic E-state index is 14.8. The highest BCUT2D eigenvalue weighted by Crippen LogP contribution is 2.36. The quantitative estimate of drug-likeness (QED) is 0.270. The molecule has 15 heteroatoms. The lowest BCUT2D eigenvalue weighted by Gasteiger charge is -2.20. The summed E-state index contributed by atoms with van der Waals surface area (Å²) in [5, 5.41) is 9.56. The molecule has 2 aliphatic heterocycles. The number of carbonyl (C=O) groups excluding carboxylic acids is 2. The normalized spacial score (nSPS) is 18.4. The second kappa shape index (κ2) is 11.5. The number of fused-ring (bicyclic) bond motifs is 1. The van der Waals surface area contributed by atoms with Crippen molar-refractivity contribution in [1.82, 2.24) is 19.8 Å². The van der Waals surface area contributed by atoms with E-state index in [2.05, 4.69) is 20.6 Å². The summed E-state index contributed by atoms with van der Waals surface area (Å²) in [4.78, 5) is 28.4. The second-order valence-electron chi connectivity index (χ2n) is 11.0. The van der Waals surface area contributed by atoms with Gasteiger partial charge in [-0.1, -0.05) is 6.92 Å². The number of hydrazone groups is 2. The van der Waals surface area contributed by atoms with Crippen LogP contribution in [0.15, 0.2) is 40.7 Å². The highest BCUT2D eigenvalue weighted by molar-refractivity contribution is 6.18. The number of methoxy groups -OCH3 is 1. The number of benzene rings is 1. The Balaban J connectivity index is 1.26. The standard InChI is InChI=1S/C29H29F5N6O4/c1-15-13-21(41)36-37-24(15)16-7-9-18(23(31)22(16)30)44-12-6-5-11-40-27(42)28(2,3)25(38-40)17-8-10-19(43-4)26-35-20(14-39(17)26)29(32,33)34/h7-10,14-15H,5-6,11-13H2,1-4H3,(H,36,41). The molecule has 2 amide bonds. The van der Waals surface area contributed by atoms with Gasteiger partial charge in [0.15, 0.2) is 28.7 Å². The molecule has 234 valence electrons. The molecule has 1 aromatic carbocycles. The van der Waals surface area contributed by atoms with Gasteiger partial charge in [0.2, 0.25) is 11.7 Å². The van der Waals surface area contributed by atoms with Crippen molar-refractivity contribution in [1.29, 1.82) is 0 Å². The number of nitrogens with one attached hydrogen (secondary N) is 1. The smallest absolute Gasteiger partial charge is 0.434 e. The molecule has 1 N–H and O–H groups in total. The Morgan fingerprint density at radius 2 is 1.80 bits per heavy atom. The van der Waals surface area contributed by atoms with E-state index in [-0.39, 0.29) is 77.1 Å². The Labute approximate surface area is 248 Å². The van der Waals surface area contributed by atoms with Gasteiger partial charge in [-0.25, -0.2) is 19.8 Å². The molecular formula is C29H29F5N6O4. The van der Waals surface area contributed by atoms with E-state index in [1.54, 1.807) is 20.8 Å². The van der Waals surface area contributed by atoms with Gasteiger partial charge in [0.25, 0.3) is 5.91 Å². The number of alkyl halides is 3. The first-order chi connectivity index (χ1) is 20.7. The van der Waals surface area contributed by atoms with E-state index in [9.17, 15) is 31.5 Å². The maximum Gasteiger partial charge on any atom is 0.434 e. The molecule has 1 unspecified atom stereocenters. The van der Waals surface area contributed by atoms with Crippen LogP contribution in [0.4, 0.5) is 22.0 Å². The first-order valence-corrected chi connectivity index (χ1v) is 13.8. The molecule has 0 saturated carbocycles. The van der Waals surface area contributed by atoms with E-state index in [1.807, 2.05) is 0 Å². The Morgan fingerprint density at radius 1 is 1.07 bits per heavy atom. The molecule has 0 fully saturated rings. The van der Waals surface area contributed by atoms with Gasteiger partial charge in [0, 0.05) is 30.6 Å². The van der Waals surface area contributed by atoms with E-state index in [1.165, 1.54) is 40.8 Å². The lowest BCUT2D eigenvalue weighted by Crippen LogP contribution is -2.36. The first-order valence-electron chi connectivity index (χ1n) is 13.8. The van der Waals surface area contributed by atoms with Crippen molar-refractivity contribution in [2.24, 2.45) is 21.5 Å². The van der Waals surface area contributed by atoms with Crippen LogP contribution in [0.5, 0.6) is 11.5 Å². The number of ether oxygens (including phenoxy) is 2. The highest BCUT2D eigenvalue weighted by Gasteiger charge is 2.45.